The second-order valence-corrected chi connectivity index (χ2v) is 10.6. The van der Waals surface area contributed by atoms with Crippen molar-refractivity contribution in [2.24, 2.45) is 5.92 Å². The van der Waals surface area contributed by atoms with E-state index >= 15 is 0 Å². The third-order valence-electron chi connectivity index (χ3n) is 6.81. The maximum atomic E-state index is 13.4. The van der Waals surface area contributed by atoms with Crippen molar-refractivity contribution in [1.29, 1.82) is 0 Å². The van der Waals surface area contributed by atoms with E-state index in [1.54, 1.807) is 12.1 Å². The van der Waals surface area contributed by atoms with E-state index in [2.05, 4.69) is 4.90 Å². The Balaban J connectivity index is 1.38. The van der Waals surface area contributed by atoms with Gasteiger partial charge in [-0.3, -0.25) is 0 Å². The predicted molar refractivity (Wildman–Crippen MR) is 133 cm³/mol. The van der Waals surface area contributed by atoms with Crippen molar-refractivity contribution in [3.05, 3.63) is 65.5 Å². The van der Waals surface area contributed by atoms with Crippen molar-refractivity contribution in [3.63, 3.8) is 0 Å². The fourth-order valence-electron chi connectivity index (χ4n) is 4.84. The minimum atomic E-state index is -0.560. The van der Waals surface area contributed by atoms with Crippen molar-refractivity contribution < 1.29 is 23.5 Å². The summed E-state index contributed by atoms with van der Waals surface area (Å²) in [5.74, 6) is 0.0114. The number of esters is 1. The van der Waals surface area contributed by atoms with Gasteiger partial charge in [0.2, 0.25) is 0 Å². The van der Waals surface area contributed by atoms with Gasteiger partial charge in [-0.1, -0.05) is 12.1 Å². The van der Waals surface area contributed by atoms with Gasteiger partial charge in [-0.15, -0.1) is 0 Å². The van der Waals surface area contributed by atoms with Crippen molar-refractivity contribution in [3.8, 4) is 0 Å². The molecular formula is C28H35FN2O4. The highest BCUT2D eigenvalue weighted by Gasteiger charge is 2.46. The molecule has 2 aromatic carbocycles. The molecule has 0 radical (unpaired) electrons. The summed E-state index contributed by atoms with van der Waals surface area (Å²) in [7, 11) is 1.38. The smallest absolute Gasteiger partial charge is 0.410 e. The van der Waals surface area contributed by atoms with Gasteiger partial charge in [0.25, 0.3) is 0 Å². The normalized spacial score (nSPS) is 20.3. The Morgan fingerprint density at radius 2 is 1.66 bits per heavy atom. The zero-order chi connectivity index (χ0) is 25.2. The number of methoxy groups -OCH3 is 1. The molecule has 2 atom stereocenters. The molecule has 2 aliphatic rings. The van der Waals surface area contributed by atoms with Crippen LogP contribution < -0.4 is 4.90 Å². The molecule has 0 bridgehead atoms. The van der Waals surface area contributed by atoms with E-state index in [1.165, 1.54) is 19.2 Å². The number of carbonyl (C=O) groups excluding carboxylic acids is 2. The number of rotatable bonds is 6. The number of halogens is 1. The summed E-state index contributed by atoms with van der Waals surface area (Å²) < 4.78 is 23.9. The lowest BCUT2D eigenvalue weighted by atomic mass is 9.95. The lowest BCUT2D eigenvalue weighted by molar-refractivity contribution is 0.0190. The summed E-state index contributed by atoms with van der Waals surface area (Å²) in [5, 5.41) is 0. The lowest BCUT2D eigenvalue weighted by Gasteiger charge is -2.36. The van der Waals surface area contributed by atoms with Crippen LogP contribution in [0.4, 0.5) is 14.9 Å². The van der Waals surface area contributed by atoms with Gasteiger partial charge in [0.15, 0.2) is 0 Å². The fraction of sp³-hybridized carbons (Fsp3) is 0.500. The predicted octanol–water partition coefficient (Wildman–Crippen LogP) is 5.62. The van der Waals surface area contributed by atoms with Crippen molar-refractivity contribution in [2.45, 2.75) is 57.6 Å². The van der Waals surface area contributed by atoms with Crippen LogP contribution in [0.25, 0.3) is 0 Å². The van der Waals surface area contributed by atoms with E-state index in [9.17, 15) is 14.0 Å². The van der Waals surface area contributed by atoms with Gasteiger partial charge < -0.3 is 19.3 Å². The van der Waals surface area contributed by atoms with E-state index in [1.807, 2.05) is 49.9 Å². The number of piperidine rings is 1. The molecule has 188 valence electrons. The Hall–Kier alpha value is -3.09. The first-order chi connectivity index (χ1) is 16.6. The molecule has 35 heavy (non-hydrogen) atoms. The van der Waals surface area contributed by atoms with Gasteiger partial charge in [-0.2, -0.15) is 0 Å². The molecule has 0 N–H and O–H groups in total. The highest BCUT2D eigenvalue weighted by Crippen LogP contribution is 2.45. The number of amides is 1. The number of carbonyl (C=O) groups is 2. The van der Waals surface area contributed by atoms with Crippen molar-refractivity contribution in [1.82, 2.24) is 4.90 Å². The second-order valence-electron chi connectivity index (χ2n) is 10.6. The Kier molecular flexibility index (Phi) is 7.33. The van der Waals surface area contributed by atoms with Crippen molar-refractivity contribution >= 4 is 17.7 Å². The number of benzene rings is 2. The molecule has 2 fully saturated rings. The number of ether oxygens (including phenoxy) is 2. The van der Waals surface area contributed by atoms with Crippen LogP contribution in [-0.4, -0.2) is 55.3 Å². The maximum absolute atomic E-state index is 13.4. The van der Waals surface area contributed by atoms with Gasteiger partial charge >= 0.3 is 12.1 Å². The van der Waals surface area contributed by atoms with E-state index < -0.39 is 5.60 Å². The molecule has 2 aromatic rings. The van der Waals surface area contributed by atoms with Crippen LogP contribution in [0.1, 0.15) is 61.9 Å². The molecule has 0 spiro atoms. The van der Waals surface area contributed by atoms with E-state index in [-0.39, 0.29) is 29.8 Å². The van der Waals surface area contributed by atoms with E-state index in [0.717, 1.165) is 43.6 Å². The highest BCUT2D eigenvalue weighted by atomic mass is 19.1. The molecular weight excluding hydrogens is 447 g/mol. The van der Waals surface area contributed by atoms with Crippen LogP contribution in [0, 0.1) is 11.7 Å². The molecule has 0 aromatic heterocycles. The number of nitrogens with zero attached hydrogens (tertiary/aromatic N) is 2. The third-order valence-corrected chi connectivity index (χ3v) is 6.81. The van der Waals surface area contributed by atoms with Crippen LogP contribution >= 0.6 is 0 Å². The average molecular weight is 483 g/mol. The second kappa shape index (κ2) is 10.3. The number of anilines is 1. The first kappa shape index (κ1) is 25.0. The zero-order valence-electron chi connectivity index (χ0n) is 21.0. The molecule has 1 saturated heterocycles. The quantitative estimate of drug-likeness (QED) is 0.500. The summed E-state index contributed by atoms with van der Waals surface area (Å²) in [6.07, 6.45) is 2.53. The van der Waals surface area contributed by atoms with Gasteiger partial charge in [0.05, 0.1) is 12.7 Å². The number of hydrogen-bond donors (Lipinski definition) is 0. The van der Waals surface area contributed by atoms with Crippen molar-refractivity contribution in [2.75, 3.05) is 31.6 Å². The van der Waals surface area contributed by atoms with E-state index in [4.69, 9.17) is 9.47 Å². The Morgan fingerprint density at radius 3 is 2.23 bits per heavy atom. The minimum absolute atomic E-state index is 0.0826. The largest absolute Gasteiger partial charge is 0.465 e. The SMILES string of the molecule is COC(=O)c1ccc(N2CCC(CN(C(=O)OC(C)(C)C)C3CC3c3ccc(F)cc3)CC2)cc1. The monoisotopic (exact) mass is 482 g/mol. The van der Waals surface area contributed by atoms with Gasteiger partial charge in [0.1, 0.15) is 11.4 Å². The minimum Gasteiger partial charge on any atom is -0.465 e. The zero-order valence-corrected chi connectivity index (χ0v) is 21.0. The molecule has 6 nitrogen and oxygen atoms in total. The summed E-state index contributed by atoms with van der Waals surface area (Å²) in [5.41, 5.74) is 2.13. The van der Waals surface area contributed by atoms with Crippen LogP contribution in [0.2, 0.25) is 0 Å². The fourth-order valence-corrected chi connectivity index (χ4v) is 4.84. The first-order valence-corrected chi connectivity index (χ1v) is 12.3. The van der Waals surface area contributed by atoms with Gasteiger partial charge in [-0.25, -0.2) is 14.0 Å². The molecule has 4 rings (SSSR count). The maximum Gasteiger partial charge on any atom is 0.410 e. The Labute approximate surface area is 207 Å². The topological polar surface area (TPSA) is 59.1 Å². The van der Waals surface area contributed by atoms with E-state index in [0.29, 0.717) is 18.0 Å². The summed E-state index contributed by atoms with van der Waals surface area (Å²) in [6, 6.07) is 14.2. The molecule has 1 saturated carbocycles. The molecule has 1 heterocycles. The Morgan fingerprint density at radius 1 is 1.03 bits per heavy atom. The van der Waals surface area contributed by atoms with Gasteiger partial charge in [0, 0.05) is 37.3 Å². The van der Waals surface area contributed by atoms with Crippen LogP contribution in [0.15, 0.2) is 48.5 Å². The summed E-state index contributed by atoms with van der Waals surface area (Å²) in [4.78, 5) is 29.0. The summed E-state index contributed by atoms with van der Waals surface area (Å²) >= 11 is 0. The standard InChI is InChI=1S/C28H35FN2O4/c1-28(2,3)35-27(33)31(25-17-24(25)20-5-9-22(29)10-6-20)18-19-13-15-30(16-14-19)23-11-7-21(8-12-23)26(32)34-4/h5-12,19,24-25H,13-18H2,1-4H3. The van der Waals surface area contributed by atoms with Crippen LogP contribution in [0.5, 0.6) is 0 Å². The Bertz CT molecular complexity index is 1020. The number of hydrogen-bond acceptors (Lipinski definition) is 5. The van der Waals surface area contributed by atoms with Gasteiger partial charge in [-0.05, 0) is 87.9 Å². The lowest BCUT2D eigenvalue weighted by Crippen LogP contribution is -2.44. The molecule has 1 aliphatic carbocycles. The molecule has 7 heteroatoms. The molecule has 1 amide bonds. The highest BCUT2D eigenvalue weighted by molar-refractivity contribution is 5.89. The first-order valence-electron chi connectivity index (χ1n) is 12.3. The van der Waals surface area contributed by atoms with Crippen LogP contribution in [-0.2, 0) is 9.47 Å². The molecule has 2 unspecified atom stereocenters. The average Bonchev–Trinajstić information content (AvgIpc) is 3.62. The third kappa shape index (κ3) is 6.32. The summed E-state index contributed by atoms with van der Waals surface area (Å²) in [6.45, 7) is 8.09. The molecule has 1 aliphatic heterocycles. The van der Waals surface area contributed by atoms with Crippen LogP contribution in [0.3, 0.4) is 0 Å².